The first-order valence-electron chi connectivity index (χ1n) is 8.64. The van der Waals surface area contributed by atoms with E-state index in [-0.39, 0.29) is 5.91 Å². The lowest BCUT2D eigenvalue weighted by Crippen LogP contribution is -2.10. The van der Waals surface area contributed by atoms with Crippen LogP contribution in [-0.2, 0) is 4.79 Å². The molecule has 1 heterocycles. The van der Waals surface area contributed by atoms with E-state index in [1.54, 1.807) is 50.4 Å². The van der Waals surface area contributed by atoms with Crippen LogP contribution in [-0.4, -0.2) is 37.0 Å². The van der Waals surface area contributed by atoms with E-state index in [0.29, 0.717) is 22.9 Å². The molecule has 0 spiro atoms. The third-order valence-electron chi connectivity index (χ3n) is 4.07. The van der Waals surface area contributed by atoms with Crippen molar-refractivity contribution in [3.05, 3.63) is 64.9 Å². The van der Waals surface area contributed by atoms with Gasteiger partial charge in [0.2, 0.25) is 11.7 Å². The number of para-hydroxylation sites is 2. The van der Waals surface area contributed by atoms with Crippen LogP contribution in [0, 0.1) is 0 Å². The van der Waals surface area contributed by atoms with Crippen LogP contribution >= 0.6 is 15.9 Å². The van der Waals surface area contributed by atoms with E-state index < -0.39 is 0 Å². The topological polar surface area (TPSA) is 74.6 Å². The minimum Gasteiger partial charge on any atom is -0.493 e. The van der Waals surface area contributed by atoms with E-state index in [2.05, 4.69) is 26.3 Å². The van der Waals surface area contributed by atoms with E-state index in [4.69, 9.17) is 14.2 Å². The maximum atomic E-state index is 12.5. The Hall–Kier alpha value is -3.26. The summed E-state index contributed by atoms with van der Waals surface area (Å²) in [6.07, 6.45) is 6.61. The number of hydrogen-bond acceptors (Lipinski definition) is 5. The standard InChI is InChI=1S/C21H20BrN3O4/c1-27-18-10-14(11-19(28-2)21(18)29-3)8-9-20(26)24-16-6-4-5-7-17(16)25-13-15(22)12-23-25/h4-13H,1-3H3,(H,24,26)/b9-8+. The van der Waals surface area contributed by atoms with Crippen molar-refractivity contribution in [2.75, 3.05) is 26.6 Å². The largest absolute Gasteiger partial charge is 0.493 e. The first kappa shape index (κ1) is 20.5. The van der Waals surface area contributed by atoms with Crippen LogP contribution in [0.5, 0.6) is 17.2 Å². The molecule has 1 N–H and O–H groups in total. The fourth-order valence-electron chi connectivity index (χ4n) is 2.76. The number of ether oxygens (including phenoxy) is 3. The number of methoxy groups -OCH3 is 3. The number of nitrogens with zero attached hydrogens (tertiary/aromatic N) is 2. The summed E-state index contributed by atoms with van der Waals surface area (Å²) in [4.78, 5) is 12.5. The highest BCUT2D eigenvalue weighted by atomic mass is 79.9. The monoisotopic (exact) mass is 457 g/mol. The molecule has 29 heavy (non-hydrogen) atoms. The van der Waals surface area contributed by atoms with Gasteiger partial charge in [0.15, 0.2) is 11.5 Å². The Morgan fingerprint density at radius 3 is 2.38 bits per heavy atom. The van der Waals surface area contributed by atoms with Gasteiger partial charge in [0.25, 0.3) is 0 Å². The average Bonchev–Trinajstić information content (AvgIpc) is 3.17. The van der Waals surface area contributed by atoms with Crippen molar-refractivity contribution in [3.63, 3.8) is 0 Å². The zero-order valence-corrected chi connectivity index (χ0v) is 17.8. The summed E-state index contributed by atoms with van der Waals surface area (Å²) in [6, 6.07) is 10.9. The summed E-state index contributed by atoms with van der Waals surface area (Å²) in [6.45, 7) is 0. The van der Waals surface area contributed by atoms with Crippen LogP contribution in [0.3, 0.4) is 0 Å². The van der Waals surface area contributed by atoms with Gasteiger partial charge in [-0.3, -0.25) is 4.79 Å². The molecule has 0 bridgehead atoms. The van der Waals surface area contributed by atoms with Crippen molar-refractivity contribution in [2.45, 2.75) is 0 Å². The number of benzene rings is 2. The summed E-state index contributed by atoms with van der Waals surface area (Å²) in [5, 5.41) is 7.14. The molecule has 0 atom stereocenters. The van der Waals surface area contributed by atoms with Gasteiger partial charge in [-0.2, -0.15) is 5.10 Å². The molecule has 1 aromatic heterocycles. The molecule has 0 saturated heterocycles. The molecule has 0 aliphatic carbocycles. The van der Waals surface area contributed by atoms with E-state index in [1.807, 2.05) is 30.5 Å². The molecule has 3 aromatic rings. The maximum Gasteiger partial charge on any atom is 0.248 e. The average molecular weight is 458 g/mol. The molecule has 3 rings (SSSR count). The van der Waals surface area contributed by atoms with Crippen molar-refractivity contribution in [1.82, 2.24) is 9.78 Å². The van der Waals surface area contributed by atoms with Gasteiger partial charge in [-0.15, -0.1) is 0 Å². The normalized spacial score (nSPS) is 10.8. The number of nitrogens with one attached hydrogen (secondary N) is 1. The molecule has 0 aliphatic heterocycles. The third-order valence-corrected chi connectivity index (χ3v) is 4.48. The number of carbonyl (C=O) groups is 1. The van der Waals surface area contributed by atoms with Gasteiger partial charge in [0.1, 0.15) is 0 Å². The minimum atomic E-state index is -0.280. The van der Waals surface area contributed by atoms with Crippen molar-refractivity contribution >= 4 is 33.6 Å². The first-order valence-corrected chi connectivity index (χ1v) is 9.43. The molecule has 0 fully saturated rings. The predicted octanol–water partition coefficient (Wildman–Crippen LogP) is 4.31. The van der Waals surface area contributed by atoms with Crippen LogP contribution < -0.4 is 19.5 Å². The second-order valence-corrected chi connectivity index (χ2v) is 6.82. The van der Waals surface area contributed by atoms with E-state index in [0.717, 1.165) is 15.7 Å². The summed E-state index contributed by atoms with van der Waals surface area (Å²) in [7, 11) is 4.63. The van der Waals surface area contributed by atoms with E-state index in [1.165, 1.54) is 6.08 Å². The quantitative estimate of drug-likeness (QED) is 0.534. The van der Waals surface area contributed by atoms with Gasteiger partial charge in [-0.05, 0) is 51.8 Å². The van der Waals surface area contributed by atoms with Crippen molar-refractivity contribution in [1.29, 1.82) is 0 Å². The summed E-state index contributed by atoms with van der Waals surface area (Å²) < 4.78 is 18.5. The molecule has 7 nitrogen and oxygen atoms in total. The second kappa shape index (κ2) is 9.29. The highest BCUT2D eigenvalue weighted by Gasteiger charge is 2.12. The lowest BCUT2D eigenvalue weighted by molar-refractivity contribution is -0.111. The molecule has 0 saturated carbocycles. The minimum absolute atomic E-state index is 0.280. The van der Waals surface area contributed by atoms with Crippen LogP contribution in [0.25, 0.3) is 11.8 Å². The lowest BCUT2D eigenvalue weighted by atomic mass is 10.1. The fraction of sp³-hybridized carbons (Fsp3) is 0.143. The number of aromatic nitrogens is 2. The van der Waals surface area contributed by atoms with Crippen molar-refractivity contribution in [2.24, 2.45) is 0 Å². The summed E-state index contributed by atoms with van der Waals surface area (Å²) in [5.41, 5.74) is 2.13. The fourth-order valence-corrected chi connectivity index (χ4v) is 3.04. The number of hydrogen-bond donors (Lipinski definition) is 1. The number of rotatable bonds is 7. The van der Waals surface area contributed by atoms with Gasteiger partial charge < -0.3 is 19.5 Å². The van der Waals surface area contributed by atoms with Crippen LogP contribution in [0.4, 0.5) is 5.69 Å². The van der Waals surface area contributed by atoms with Crippen molar-refractivity contribution in [3.8, 4) is 22.9 Å². The SMILES string of the molecule is COc1cc(/C=C/C(=O)Nc2ccccc2-n2cc(Br)cn2)cc(OC)c1OC. The Morgan fingerprint density at radius 1 is 1.10 bits per heavy atom. The summed E-state index contributed by atoms with van der Waals surface area (Å²) in [5.74, 6) is 1.25. The molecule has 0 unspecified atom stereocenters. The van der Waals surface area contributed by atoms with Gasteiger partial charge in [-0.1, -0.05) is 12.1 Å². The van der Waals surface area contributed by atoms with Gasteiger partial charge in [0, 0.05) is 12.3 Å². The van der Waals surface area contributed by atoms with Gasteiger partial charge in [0.05, 0.1) is 43.4 Å². The Labute approximate surface area is 177 Å². The van der Waals surface area contributed by atoms with E-state index >= 15 is 0 Å². The lowest BCUT2D eigenvalue weighted by Gasteiger charge is -2.13. The molecule has 0 radical (unpaired) electrons. The Balaban J connectivity index is 1.81. The van der Waals surface area contributed by atoms with Gasteiger partial charge in [-0.25, -0.2) is 4.68 Å². The predicted molar refractivity (Wildman–Crippen MR) is 115 cm³/mol. The van der Waals surface area contributed by atoms with E-state index in [9.17, 15) is 4.79 Å². The number of amides is 1. The zero-order valence-electron chi connectivity index (χ0n) is 16.2. The Morgan fingerprint density at radius 2 is 1.79 bits per heavy atom. The molecular formula is C21H20BrN3O4. The Bertz CT molecular complexity index is 1020. The number of anilines is 1. The molecule has 150 valence electrons. The van der Waals surface area contributed by atoms with Crippen LogP contribution in [0.2, 0.25) is 0 Å². The zero-order chi connectivity index (χ0) is 20.8. The number of halogens is 1. The molecule has 1 amide bonds. The third kappa shape index (κ3) is 4.78. The molecule has 8 heteroatoms. The Kier molecular flexibility index (Phi) is 6.56. The number of carbonyl (C=O) groups excluding carboxylic acids is 1. The van der Waals surface area contributed by atoms with Crippen molar-refractivity contribution < 1.29 is 19.0 Å². The highest BCUT2D eigenvalue weighted by Crippen LogP contribution is 2.38. The molecular weight excluding hydrogens is 438 g/mol. The maximum absolute atomic E-state index is 12.5. The second-order valence-electron chi connectivity index (χ2n) is 5.90. The van der Waals surface area contributed by atoms with Crippen LogP contribution in [0.1, 0.15) is 5.56 Å². The smallest absolute Gasteiger partial charge is 0.248 e. The molecule has 2 aromatic carbocycles. The molecule has 0 aliphatic rings. The highest BCUT2D eigenvalue weighted by molar-refractivity contribution is 9.10. The first-order chi connectivity index (χ1) is 14.0. The summed E-state index contributed by atoms with van der Waals surface area (Å²) >= 11 is 3.38. The van der Waals surface area contributed by atoms with Crippen LogP contribution in [0.15, 0.2) is 59.3 Å². The van der Waals surface area contributed by atoms with Gasteiger partial charge >= 0.3 is 0 Å².